The van der Waals surface area contributed by atoms with E-state index in [4.69, 9.17) is 9.47 Å². The lowest BCUT2D eigenvalue weighted by Gasteiger charge is -2.39. The van der Waals surface area contributed by atoms with Gasteiger partial charge in [-0.1, -0.05) is 6.42 Å². The Labute approximate surface area is 108 Å². The monoisotopic (exact) mass is 272 g/mol. The van der Waals surface area contributed by atoms with Gasteiger partial charge in [-0.25, -0.2) is 4.39 Å². The van der Waals surface area contributed by atoms with Crippen molar-refractivity contribution in [2.75, 3.05) is 14.2 Å². The lowest BCUT2D eigenvalue weighted by atomic mass is 9.64. The number of carboxylic acid groups (broad SMARTS) is 1. The molecular weight excluding hydrogens is 258 g/mol. The number of benzene rings is 1. The van der Waals surface area contributed by atoms with Gasteiger partial charge in [-0.3, -0.25) is 4.79 Å². The maximum atomic E-state index is 13.6. The first-order valence-corrected chi connectivity index (χ1v) is 5.81. The Hall–Kier alpha value is -1.85. The normalized spacial score (nSPS) is 16.6. The van der Waals surface area contributed by atoms with Crippen LogP contribution in [0, 0.1) is 11.6 Å². The maximum absolute atomic E-state index is 13.6. The number of carbonyl (C=O) groups is 1. The maximum Gasteiger partial charge on any atom is 0.314 e. The van der Waals surface area contributed by atoms with E-state index in [9.17, 15) is 18.7 Å². The van der Waals surface area contributed by atoms with Gasteiger partial charge in [0, 0.05) is 5.56 Å². The van der Waals surface area contributed by atoms with E-state index in [-0.39, 0.29) is 11.3 Å². The number of aliphatic carboxylic acids is 1. The van der Waals surface area contributed by atoms with Crippen molar-refractivity contribution in [3.63, 3.8) is 0 Å². The largest absolute Gasteiger partial charge is 0.492 e. The van der Waals surface area contributed by atoms with Gasteiger partial charge in [0.15, 0.2) is 17.3 Å². The van der Waals surface area contributed by atoms with Crippen molar-refractivity contribution in [2.45, 2.75) is 24.7 Å². The standard InChI is InChI=1S/C13H14F2O4/c1-18-10-7(13(12(16)17)4-3-5-13)6-8(14)9(15)11(10)19-2/h6H,3-5H2,1-2H3,(H,16,17). The van der Waals surface area contributed by atoms with Crippen LogP contribution in [0.3, 0.4) is 0 Å². The molecule has 4 nitrogen and oxygen atoms in total. The van der Waals surface area contributed by atoms with Gasteiger partial charge in [0.2, 0.25) is 5.82 Å². The summed E-state index contributed by atoms with van der Waals surface area (Å²) < 4.78 is 37.0. The molecule has 0 radical (unpaired) electrons. The number of methoxy groups -OCH3 is 2. The first kappa shape index (κ1) is 13.6. The summed E-state index contributed by atoms with van der Waals surface area (Å²) >= 11 is 0. The Bertz CT molecular complexity index is 524. The smallest absolute Gasteiger partial charge is 0.314 e. The minimum atomic E-state index is -1.22. The van der Waals surface area contributed by atoms with Crippen molar-refractivity contribution in [1.29, 1.82) is 0 Å². The molecule has 1 aromatic carbocycles. The summed E-state index contributed by atoms with van der Waals surface area (Å²) in [6.07, 6.45) is 1.45. The Morgan fingerprint density at radius 1 is 1.26 bits per heavy atom. The predicted octanol–water partition coefficient (Wildman–Crippen LogP) is 2.49. The summed E-state index contributed by atoms with van der Waals surface area (Å²) in [6, 6.07) is 0.893. The van der Waals surface area contributed by atoms with Gasteiger partial charge in [-0.05, 0) is 18.9 Å². The fourth-order valence-electron chi connectivity index (χ4n) is 2.46. The minimum Gasteiger partial charge on any atom is -0.492 e. The summed E-state index contributed by atoms with van der Waals surface area (Å²) in [5.41, 5.74) is -1.09. The molecule has 1 aliphatic carbocycles. The average molecular weight is 272 g/mol. The van der Waals surface area contributed by atoms with E-state index in [0.29, 0.717) is 12.8 Å². The predicted molar refractivity (Wildman–Crippen MR) is 62.6 cm³/mol. The molecule has 1 fully saturated rings. The van der Waals surface area contributed by atoms with E-state index in [2.05, 4.69) is 0 Å². The molecule has 2 rings (SSSR count). The molecule has 1 aliphatic rings. The second-order valence-corrected chi connectivity index (χ2v) is 4.53. The Morgan fingerprint density at radius 3 is 2.21 bits per heavy atom. The molecule has 0 unspecified atom stereocenters. The Morgan fingerprint density at radius 2 is 1.84 bits per heavy atom. The zero-order chi connectivity index (χ0) is 14.2. The van der Waals surface area contributed by atoms with Crippen LogP contribution < -0.4 is 9.47 Å². The number of hydrogen-bond acceptors (Lipinski definition) is 3. The molecule has 0 aromatic heterocycles. The van der Waals surface area contributed by atoms with Crippen molar-refractivity contribution in [3.8, 4) is 11.5 Å². The van der Waals surface area contributed by atoms with Crippen LogP contribution in [0.15, 0.2) is 6.07 Å². The van der Waals surface area contributed by atoms with Gasteiger partial charge in [0.05, 0.1) is 19.6 Å². The van der Waals surface area contributed by atoms with Gasteiger partial charge in [0.25, 0.3) is 0 Å². The second-order valence-electron chi connectivity index (χ2n) is 4.53. The van der Waals surface area contributed by atoms with Crippen molar-refractivity contribution in [3.05, 3.63) is 23.3 Å². The third kappa shape index (κ3) is 1.82. The van der Waals surface area contributed by atoms with Gasteiger partial charge < -0.3 is 14.6 Å². The van der Waals surface area contributed by atoms with E-state index in [1.807, 2.05) is 0 Å². The lowest BCUT2D eigenvalue weighted by molar-refractivity contribution is -0.147. The number of carboxylic acids is 1. The van der Waals surface area contributed by atoms with Gasteiger partial charge in [0.1, 0.15) is 0 Å². The molecule has 1 saturated carbocycles. The summed E-state index contributed by atoms with van der Waals surface area (Å²) in [6.45, 7) is 0. The number of hydrogen-bond donors (Lipinski definition) is 1. The number of ether oxygens (including phenoxy) is 2. The summed E-state index contributed by atoms with van der Waals surface area (Å²) in [4.78, 5) is 11.5. The van der Waals surface area contributed by atoms with Crippen LogP contribution in [0.2, 0.25) is 0 Å². The number of rotatable bonds is 4. The lowest BCUT2D eigenvalue weighted by Crippen LogP contribution is -2.42. The van der Waals surface area contributed by atoms with Crippen molar-refractivity contribution in [2.24, 2.45) is 0 Å². The molecule has 0 amide bonds. The topological polar surface area (TPSA) is 55.8 Å². The molecular formula is C13H14F2O4. The van der Waals surface area contributed by atoms with Gasteiger partial charge in [-0.2, -0.15) is 4.39 Å². The minimum absolute atomic E-state index is 0.0523. The molecule has 6 heteroatoms. The zero-order valence-corrected chi connectivity index (χ0v) is 10.6. The molecule has 19 heavy (non-hydrogen) atoms. The van der Waals surface area contributed by atoms with Crippen LogP contribution in [0.25, 0.3) is 0 Å². The molecule has 0 atom stereocenters. The molecule has 0 heterocycles. The molecule has 1 aromatic rings. The van der Waals surface area contributed by atoms with Crippen molar-refractivity contribution < 1.29 is 28.2 Å². The van der Waals surface area contributed by atoms with Crippen LogP contribution in [-0.4, -0.2) is 25.3 Å². The van der Waals surface area contributed by atoms with E-state index in [1.165, 1.54) is 14.2 Å². The van der Waals surface area contributed by atoms with Crippen LogP contribution in [0.1, 0.15) is 24.8 Å². The number of halogens is 2. The molecule has 0 spiro atoms. The summed E-state index contributed by atoms with van der Waals surface area (Å²) in [5.74, 6) is -3.83. The quantitative estimate of drug-likeness (QED) is 0.915. The third-order valence-electron chi connectivity index (χ3n) is 3.67. The summed E-state index contributed by atoms with van der Waals surface area (Å²) in [5, 5.41) is 9.37. The Balaban J connectivity index is 2.69. The van der Waals surface area contributed by atoms with Crippen LogP contribution >= 0.6 is 0 Å². The SMILES string of the molecule is COc1c(C2(C(=O)O)CCC2)cc(F)c(F)c1OC. The molecule has 104 valence electrons. The van der Waals surface area contributed by atoms with Crippen molar-refractivity contribution >= 4 is 5.97 Å². The molecule has 0 saturated heterocycles. The van der Waals surface area contributed by atoms with E-state index < -0.39 is 28.8 Å². The second kappa shape index (κ2) is 4.68. The molecule has 0 aliphatic heterocycles. The average Bonchev–Trinajstić information content (AvgIpc) is 2.31. The van der Waals surface area contributed by atoms with Crippen LogP contribution in [0.5, 0.6) is 11.5 Å². The third-order valence-corrected chi connectivity index (χ3v) is 3.67. The fraction of sp³-hybridized carbons (Fsp3) is 0.462. The highest BCUT2D eigenvalue weighted by molar-refractivity contribution is 5.84. The van der Waals surface area contributed by atoms with Gasteiger partial charge >= 0.3 is 5.97 Å². The highest BCUT2D eigenvalue weighted by atomic mass is 19.2. The Kier molecular flexibility index (Phi) is 3.34. The van der Waals surface area contributed by atoms with E-state index in [1.54, 1.807) is 0 Å². The van der Waals surface area contributed by atoms with Crippen LogP contribution in [-0.2, 0) is 10.2 Å². The first-order valence-electron chi connectivity index (χ1n) is 5.81. The molecule has 1 N–H and O–H groups in total. The fourth-order valence-corrected chi connectivity index (χ4v) is 2.46. The van der Waals surface area contributed by atoms with E-state index >= 15 is 0 Å². The first-order chi connectivity index (χ1) is 8.97. The highest BCUT2D eigenvalue weighted by Crippen LogP contribution is 2.50. The van der Waals surface area contributed by atoms with E-state index in [0.717, 1.165) is 12.5 Å². The summed E-state index contributed by atoms with van der Waals surface area (Å²) in [7, 11) is 2.45. The zero-order valence-electron chi connectivity index (χ0n) is 10.6. The van der Waals surface area contributed by atoms with Gasteiger partial charge in [-0.15, -0.1) is 0 Å². The molecule has 0 bridgehead atoms. The van der Waals surface area contributed by atoms with Crippen molar-refractivity contribution in [1.82, 2.24) is 0 Å². The highest BCUT2D eigenvalue weighted by Gasteiger charge is 2.49. The van der Waals surface area contributed by atoms with Crippen LogP contribution in [0.4, 0.5) is 8.78 Å².